The zero-order valence-corrected chi connectivity index (χ0v) is 12.4. The van der Waals surface area contributed by atoms with E-state index < -0.39 is 15.0 Å². The van der Waals surface area contributed by atoms with Gasteiger partial charge in [-0.3, -0.25) is 4.79 Å². The average Bonchev–Trinajstić information content (AvgIpc) is 2.32. The van der Waals surface area contributed by atoms with Crippen LogP contribution in [-0.4, -0.2) is 20.9 Å². The fourth-order valence-corrected chi connectivity index (χ4v) is 2.49. The Labute approximate surface area is 121 Å². The summed E-state index contributed by atoms with van der Waals surface area (Å²) in [7, 11) is 1.31. The summed E-state index contributed by atoms with van der Waals surface area (Å²) in [6, 6.07) is 3.77. The summed E-state index contributed by atoms with van der Waals surface area (Å²) in [6.45, 7) is 4.05. The van der Waals surface area contributed by atoms with Crippen molar-refractivity contribution in [2.24, 2.45) is 0 Å². The fourth-order valence-electron chi connectivity index (χ4n) is 1.38. The van der Waals surface area contributed by atoms with Crippen LogP contribution < -0.4 is 5.32 Å². The Hall–Kier alpha value is -1.04. The number of carbonyl (C=O) groups is 1. The van der Waals surface area contributed by atoms with Crippen LogP contribution in [0.3, 0.4) is 0 Å². The van der Waals surface area contributed by atoms with Gasteiger partial charge in [0.15, 0.2) is 0 Å². The quantitative estimate of drug-likeness (QED) is 0.497. The fraction of sp³-hybridized carbons (Fsp3) is 0.250. The van der Waals surface area contributed by atoms with Crippen LogP contribution in [-0.2, 0) is 9.05 Å². The van der Waals surface area contributed by atoms with Crippen LogP contribution in [0, 0.1) is 0 Å². The molecule has 0 aromatic heterocycles. The molecule has 1 aromatic rings. The molecule has 1 N–H and O–H groups in total. The van der Waals surface area contributed by atoms with Gasteiger partial charge in [0.25, 0.3) is 15.0 Å². The number of hydrogen-bond donors (Lipinski definition) is 1. The molecule has 0 aliphatic rings. The highest BCUT2D eigenvalue weighted by atomic mass is 35.7. The minimum Gasteiger partial charge on any atom is -0.352 e. The van der Waals surface area contributed by atoms with Crippen LogP contribution in [0.25, 0.3) is 0 Å². The van der Waals surface area contributed by atoms with Crippen LogP contribution >= 0.6 is 22.3 Å². The van der Waals surface area contributed by atoms with Gasteiger partial charge in [-0.05, 0) is 31.0 Å². The molecule has 19 heavy (non-hydrogen) atoms. The van der Waals surface area contributed by atoms with Gasteiger partial charge in [-0.1, -0.05) is 17.7 Å². The van der Waals surface area contributed by atoms with E-state index in [4.69, 9.17) is 22.3 Å². The molecule has 104 valence electrons. The van der Waals surface area contributed by atoms with Crippen LogP contribution in [0.4, 0.5) is 0 Å². The molecule has 7 heteroatoms. The van der Waals surface area contributed by atoms with E-state index in [9.17, 15) is 13.2 Å². The Balaban J connectivity index is 2.86. The molecule has 0 saturated carbocycles. The highest BCUT2D eigenvalue weighted by molar-refractivity contribution is 8.13. The molecule has 0 unspecified atom stereocenters. The highest BCUT2D eigenvalue weighted by Gasteiger charge is 2.15. The van der Waals surface area contributed by atoms with E-state index in [-0.39, 0.29) is 15.5 Å². The maximum Gasteiger partial charge on any atom is 0.261 e. The Kier molecular flexibility index (Phi) is 5.85. The molecule has 1 aromatic carbocycles. The molecule has 1 amide bonds. The van der Waals surface area contributed by atoms with Crippen molar-refractivity contribution in [3.8, 4) is 0 Å². The van der Waals surface area contributed by atoms with Gasteiger partial charge < -0.3 is 5.32 Å². The Bertz CT molecular complexity index is 585. The number of halogens is 2. The van der Waals surface area contributed by atoms with E-state index in [1.807, 2.05) is 0 Å². The minimum absolute atomic E-state index is 0.137. The molecule has 0 heterocycles. The maximum absolute atomic E-state index is 11.8. The van der Waals surface area contributed by atoms with Gasteiger partial charge in [-0.15, -0.1) is 6.58 Å². The van der Waals surface area contributed by atoms with Gasteiger partial charge in [0.2, 0.25) is 0 Å². The van der Waals surface area contributed by atoms with Gasteiger partial charge >= 0.3 is 0 Å². The third-order valence-electron chi connectivity index (χ3n) is 2.29. The average molecular weight is 322 g/mol. The number of rotatable bonds is 6. The molecule has 0 bridgehead atoms. The van der Waals surface area contributed by atoms with Crippen molar-refractivity contribution in [2.75, 3.05) is 6.54 Å². The van der Waals surface area contributed by atoms with E-state index in [1.54, 1.807) is 6.08 Å². The van der Waals surface area contributed by atoms with Crippen LogP contribution in [0.1, 0.15) is 23.2 Å². The number of unbranched alkanes of at least 4 members (excludes halogenated alkanes) is 1. The molecule has 0 spiro atoms. The summed E-state index contributed by atoms with van der Waals surface area (Å²) in [4.78, 5) is 11.6. The second-order valence-corrected chi connectivity index (χ2v) is 6.80. The molecule has 0 radical (unpaired) electrons. The lowest BCUT2D eigenvalue weighted by Crippen LogP contribution is -2.24. The molecular weight excluding hydrogens is 309 g/mol. The summed E-state index contributed by atoms with van der Waals surface area (Å²) in [5, 5.41) is 2.79. The van der Waals surface area contributed by atoms with Gasteiger partial charge in [0.1, 0.15) is 0 Å². The Morgan fingerprint density at radius 3 is 2.63 bits per heavy atom. The zero-order chi connectivity index (χ0) is 14.5. The molecule has 0 atom stereocenters. The van der Waals surface area contributed by atoms with Crippen molar-refractivity contribution in [2.45, 2.75) is 17.7 Å². The molecule has 0 fully saturated rings. The van der Waals surface area contributed by atoms with E-state index in [1.165, 1.54) is 18.2 Å². The third kappa shape index (κ3) is 5.22. The normalized spacial score (nSPS) is 11.1. The second kappa shape index (κ2) is 6.93. The summed E-state index contributed by atoms with van der Waals surface area (Å²) in [5.41, 5.74) is 0.158. The van der Waals surface area contributed by atoms with Crippen molar-refractivity contribution in [1.29, 1.82) is 0 Å². The minimum atomic E-state index is -3.92. The molecule has 1 rings (SSSR count). The van der Waals surface area contributed by atoms with Crippen LogP contribution in [0.2, 0.25) is 5.02 Å². The predicted molar refractivity (Wildman–Crippen MR) is 76.3 cm³/mol. The van der Waals surface area contributed by atoms with Crippen molar-refractivity contribution < 1.29 is 13.2 Å². The number of allylic oxidation sites excluding steroid dienone is 1. The van der Waals surface area contributed by atoms with Gasteiger partial charge in [-0.25, -0.2) is 8.42 Å². The lowest BCUT2D eigenvalue weighted by Gasteiger charge is -2.06. The number of carbonyl (C=O) groups excluding carboxylic acids is 1. The van der Waals surface area contributed by atoms with Crippen LogP contribution in [0.5, 0.6) is 0 Å². The smallest absolute Gasteiger partial charge is 0.261 e. The standard InChI is InChI=1S/C12H13Cl2NO3S/c1-2-3-4-5-15-12(16)9-6-10(13)8-11(7-9)19(14,17)18/h2,6-8H,1,3-5H2,(H,15,16). The highest BCUT2D eigenvalue weighted by Crippen LogP contribution is 2.22. The first-order valence-electron chi connectivity index (χ1n) is 5.49. The van der Waals surface area contributed by atoms with Gasteiger partial charge in [0.05, 0.1) is 4.90 Å². The predicted octanol–water partition coefficient (Wildman–Crippen LogP) is 2.96. The molecular formula is C12H13Cl2NO3S. The van der Waals surface area contributed by atoms with E-state index in [2.05, 4.69) is 11.9 Å². The molecule has 0 aliphatic heterocycles. The number of benzene rings is 1. The Morgan fingerprint density at radius 2 is 2.05 bits per heavy atom. The van der Waals surface area contributed by atoms with E-state index in [0.29, 0.717) is 6.54 Å². The van der Waals surface area contributed by atoms with Gasteiger partial charge in [-0.2, -0.15) is 0 Å². The van der Waals surface area contributed by atoms with E-state index >= 15 is 0 Å². The van der Waals surface area contributed by atoms with Crippen molar-refractivity contribution in [3.63, 3.8) is 0 Å². The largest absolute Gasteiger partial charge is 0.352 e. The lowest BCUT2D eigenvalue weighted by atomic mass is 10.2. The molecule has 0 saturated heterocycles. The van der Waals surface area contributed by atoms with E-state index in [0.717, 1.165) is 12.8 Å². The first-order chi connectivity index (χ1) is 8.84. The SMILES string of the molecule is C=CCCCNC(=O)c1cc(Cl)cc(S(=O)(=O)Cl)c1. The third-order valence-corrected chi connectivity index (χ3v) is 3.84. The van der Waals surface area contributed by atoms with Crippen molar-refractivity contribution in [3.05, 3.63) is 41.4 Å². The lowest BCUT2D eigenvalue weighted by molar-refractivity contribution is 0.0953. The number of nitrogens with one attached hydrogen (secondary N) is 1. The summed E-state index contributed by atoms with van der Waals surface area (Å²) < 4.78 is 22.4. The second-order valence-electron chi connectivity index (χ2n) is 3.80. The van der Waals surface area contributed by atoms with Crippen LogP contribution in [0.15, 0.2) is 35.7 Å². The molecule has 0 aliphatic carbocycles. The maximum atomic E-state index is 11.8. The Morgan fingerprint density at radius 1 is 1.37 bits per heavy atom. The zero-order valence-electron chi connectivity index (χ0n) is 10.0. The first kappa shape index (κ1) is 16.0. The first-order valence-corrected chi connectivity index (χ1v) is 8.17. The summed E-state index contributed by atoms with van der Waals surface area (Å²) in [6.07, 6.45) is 3.30. The summed E-state index contributed by atoms with van der Waals surface area (Å²) in [5.74, 6) is -0.395. The number of hydrogen-bond acceptors (Lipinski definition) is 3. The topological polar surface area (TPSA) is 63.2 Å². The van der Waals surface area contributed by atoms with Crippen molar-refractivity contribution >= 4 is 37.2 Å². The van der Waals surface area contributed by atoms with Gasteiger partial charge in [0, 0.05) is 27.8 Å². The summed E-state index contributed by atoms with van der Waals surface area (Å²) >= 11 is 5.77. The molecule has 4 nitrogen and oxygen atoms in total. The number of amides is 1. The van der Waals surface area contributed by atoms with Crippen molar-refractivity contribution in [1.82, 2.24) is 5.32 Å². The monoisotopic (exact) mass is 321 g/mol.